The molecular formula is C46H34N4. The van der Waals surface area contributed by atoms with Crippen molar-refractivity contribution in [2.45, 2.75) is 12.8 Å². The van der Waals surface area contributed by atoms with Crippen molar-refractivity contribution in [3.05, 3.63) is 151 Å². The molecule has 4 nitrogen and oxygen atoms in total. The van der Waals surface area contributed by atoms with Gasteiger partial charge in [-0.3, -0.25) is 0 Å². The van der Waals surface area contributed by atoms with Crippen LogP contribution in [0.4, 0.5) is 0 Å². The molecule has 1 aliphatic carbocycles. The van der Waals surface area contributed by atoms with Crippen LogP contribution in [0.5, 0.6) is 0 Å². The van der Waals surface area contributed by atoms with Gasteiger partial charge in [0.2, 0.25) is 0 Å². The maximum absolute atomic E-state index is 4.96. The Balaban J connectivity index is 0.957. The Morgan fingerprint density at radius 3 is 1.50 bits per heavy atom. The van der Waals surface area contributed by atoms with Crippen molar-refractivity contribution >= 4 is 49.4 Å². The number of rotatable bonds is 4. The molecule has 0 spiro atoms. The number of imidazole rings is 2. The van der Waals surface area contributed by atoms with Crippen LogP contribution in [0.2, 0.25) is 0 Å². The Bertz CT molecular complexity index is 2850. The van der Waals surface area contributed by atoms with Crippen molar-refractivity contribution in [1.82, 2.24) is 19.1 Å². The molecule has 0 saturated heterocycles. The molecule has 7 aromatic carbocycles. The van der Waals surface area contributed by atoms with E-state index < -0.39 is 0 Å². The molecule has 4 heteroatoms. The SMILES string of the molecule is Cn1c(-c2ccc3cc(-c4ccc5ccc(-c6ccc7cc(-c8nc9ccccc9n8C)ccc7c6)cc5c4)ccc3c2)nc2c1CCC=C2. The molecule has 0 saturated carbocycles. The Morgan fingerprint density at radius 1 is 0.460 bits per heavy atom. The molecule has 10 rings (SSSR count). The first-order chi connectivity index (χ1) is 24.6. The van der Waals surface area contributed by atoms with Crippen LogP contribution in [-0.2, 0) is 20.5 Å². The van der Waals surface area contributed by atoms with Crippen LogP contribution in [0.3, 0.4) is 0 Å². The fraction of sp³-hybridized carbons (Fsp3) is 0.0870. The van der Waals surface area contributed by atoms with E-state index in [0.717, 1.165) is 52.3 Å². The molecule has 0 bridgehead atoms. The number of benzene rings is 7. The average Bonchev–Trinajstić information content (AvgIpc) is 3.69. The normalized spacial score (nSPS) is 12.8. The number of aryl methyl sites for hydroxylation is 1. The van der Waals surface area contributed by atoms with Crippen LogP contribution in [0, 0.1) is 0 Å². The second-order valence-corrected chi connectivity index (χ2v) is 13.6. The standard InChI is InChI=1S/C46H34N4/c1-49-43-9-5-3-7-41(43)47-45(49)38-21-19-32-23-30(15-17-34(32)25-38)36-13-11-29-12-14-37(28-40(29)27-36)31-16-18-35-26-39(22-20-33(35)24-31)46-48-42-8-4-6-10-44(42)50(46)2/h3-5,7-9,11-28H,6,10H2,1-2H3. The lowest BCUT2D eigenvalue weighted by Gasteiger charge is -2.10. The smallest absolute Gasteiger partial charge is 0.140 e. The second kappa shape index (κ2) is 11.1. The zero-order valence-corrected chi connectivity index (χ0v) is 28.1. The fourth-order valence-electron chi connectivity index (χ4n) is 7.79. The fourth-order valence-corrected chi connectivity index (χ4v) is 7.79. The molecule has 0 N–H and O–H groups in total. The predicted octanol–water partition coefficient (Wildman–Crippen LogP) is 11.4. The molecule has 238 valence electrons. The maximum Gasteiger partial charge on any atom is 0.140 e. The van der Waals surface area contributed by atoms with Gasteiger partial charge >= 0.3 is 0 Å². The number of aromatic nitrogens is 4. The summed E-state index contributed by atoms with van der Waals surface area (Å²) in [6.07, 6.45) is 6.51. The first kappa shape index (κ1) is 28.7. The van der Waals surface area contributed by atoms with E-state index >= 15 is 0 Å². The topological polar surface area (TPSA) is 35.6 Å². The minimum Gasteiger partial charge on any atom is -0.331 e. The average molecular weight is 643 g/mol. The lowest BCUT2D eigenvalue weighted by molar-refractivity contribution is 0.809. The van der Waals surface area contributed by atoms with Crippen molar-refractivity contribution in [1.29, 1.82) is 0 Å². The van der Waals surface area contributed by atoms with Crippen molar-refractivity contribution in [3.63, 3.8) is 0 Å². The largest absolute Gasteiger partial charge is 0.331 e. The summed E-state index contributed by atoms with van der Waals surface area (Å²) in [6.45, 7) is 0. The Hall–Kier alpha value is -6.26. The van der Waals surface area contributed by atoms with Gasteiger partial charge < -0.3 is 9.13 Å². The van der Waals surface area contributed by atoms with Gasteiger partial charge in [-0.25, -0.2) is 9.97 Å². The van der Waals surface area contributed by atoms with Crippen molar-refractivity contribution in [2.24, 2.45) is 14.1 Å². The number of fused-ring (bicyclic) bond motifs is 5. The van der Waals surface area contributed by atoms with Crippen LogP contribution in [0.1, 0.15) is 17.8 Å². The van der Waals surface area contributed by atoms with Crippen LogP contribution in [0.25, 0.3) is 94.5 Å². The van der Waals surface area contributed by atoms with E-state index in [2.05, 4.69) is 163 Å². The molecule has 0 unspecified atom stereocenters. The molecule has 2 heterocycles. The van der Waals surface area contributed by atoms with Crippen LogP contribution in [-0.4, -0.2) is 19.1 Å². The summed E-state index contributed by atoms with van der Waals surface area (Å²) >= 11 is 0. The van der Waals surface area contributed by atoms with Crippen molar-refractivity contribution < 1.29 is 0 Å². The summed E-state index contributed by atoms with van der Waals surface area (Å²) in [6, 6.07) is 48.8. The number of para-hydroxylation sites is 2. The minimum atomic E-state index is 0.985. The molecule has 50 heavy (non-hydrogen) atoms. The van der Waals surface area contributed by atoms with E-state index in [-0.39, 0.29) is 0 Å². The Kier molecular flexibility index (Phi) is 6.40. The highest BCUT2D eigenvalue weighted by Gasteiger charge is 2.17. The Morgan fingerprint density at radius 2 is 0.940 bits per heavy atom. The van der Waals surface area contributed by atoms with Gasteiger partial charge in [0, 0.05) is 30.9 Å². The van der Waals surface area contributed by atoms with E-state index in [4.69, 9.17) is 9.97 Å². The third-order valence-corrected chi connectivity index (χ3v) is 10.6. The van der Waals surface area contributed by atoms with E-state index in [1.165, 1.54) is 60.3 Å². The summed E-state index contributed by atoms with van der Waals surface area (Å²) in [4.78, 5) is 9.88. The van der Waals surface area contributed by atoms with Gasteiger partial charge in [-0.1, -0.05) is 91.0 Å². The number of hydrogen-bond donors (Lipinski definition) is 0. The third kappa shape index (κ3) is 4.67. The number of hydrogen-bond acceptors (Lipinski definition) is 2. The molecule has 0 amide bonds. The predicted molar refractivity (Wildman–Crippen MR) is 209 cm³/mol. The first-order valence-corrected chi connectivity index (χ1v) is 17.3. The van der Waals surface area contributed by atoms with E-state index in [9.17, 15) is 0 Å². The molecule has 9 aromatic rings. The molecular weight excluding hydrogens is 609 g/mol. The maximum atomic E-state index is 4.96. The lowest BCUT2D eigenvalue weighted by atomic mass is 9.95. The highest BCUT2D eigenvalue weighted by molar-refractivity contribution is 5.96. The van der Waals surface area contributed by atoms with Gasteiger partial charge in [-0.2, -0.15) is 0 Å². The van der Waals surface area contributed by atoms with Gasteiger partial charge in [-0.15, -0.1) is 0 Å². The highest BCUT2D eigenvalue weighted by atomic mass is 15.1. The van der Waals surface area contributed by atoms with Crippen molar-refractivity contribution in [3.8, 4) is 45.0 Å². The summed E-state index contributed by atoms with van der Waals surface area (Å²) in [5.74, 6) is 2.02. The molecule has 1 aliphatic rings. The molecule has 0 fully saturated rings. The quantitative estimate of drug-likeness (QED) is 0.191. The molecule has 2 aromatic heterocycles. The van der Waals surface area contributed by atoms with Crippen LogP contribution < -0.4 is 0 Å². The Labute approximate surface area is 290 Å². The lowest BCUT2D eigenvalue weighted by Crippen LogP contribution is -2.01. The van der Waals surface area contributed by atoms with Gasteiger partial charge in [0.1, 0.15) is 11.6 Å². The zero-order chi connectivity index (χ0) is 33.3. The van der Waals surface area contributed by atoms with Crippen molar-refractivity contribution in [2.75, 3.05) is 0 Å². The minimum absolute atomic E-state index is 0.985. The molecule has 0 atom stereocenters. The first-order valence-electron chi connectivity index (χ1n) is 17.3. The van der Waals surface area contributed by atoms with E-state index in [1.54, 1.807) is 0 Å². The van der Waals surface area contributed by atoms with Gasteiger partial charge in [0.15, 0.2) is 0 Å². The van der Waals surface area contributed by atoms with E-state index in [1.807, 2.05) is 6.07 Å². The van der Waals surface area contributed by atoms with Gasteiger partial charge in [-0.05, 0) is 122 Å². The van der Waals surface area contributed by atoms with Gasteiger partial charge in [0.25, 0.3) is 0 Å². The summed E-state index contributed by atoms with van der Waals surface area (Å²) in [7, 11) is 4.23. The summed E-state index contributed by atoms with van der Waals surface area (Å²) < 4.78 is 4.44. The number of allylic oxidation sites excluding steroid dienone is 1. The second-order valence-electron chi connectivity index (χ2n) is 13.6. The monoisotopic (exact) mass is 642 g/mol. The molecule has 0 radical (unpaired) electrons. The molecule has 0 aliphatic heterocycles. The zero-order valence-electron chi connectivity index (χ0n) is 28.1. The van der Waals surface area contributed by atoms with Gasteiger partial charge in [0.05, 0.1) is 16.7 Å². The van der Waals surface area contributed by atoms with Crippen LogP contribution >= 0.6 is 0 Å². The third-order valence-electron chi connectivity index (χ3n) is 10.6. The summed E-state index contributed by atoms with van der Waals surface area (Å²) in [5.41, 5.74) is 11.7. The van der Waals surface area contributed by atoms with Crippen LogP contribution in [0.15, 0.2) is 140 Å². The highest BCUT2D eigenvalue weighted by Crippen LogP contribution is 2.34. The summed E-state index contributed by atoms with van der Waals surface area (Å²) in [5, 5.41) is 7.36. The number of nitrogens with zero attached hydrogens (tertiary/aromatic N) is 4. The van der Waals surface area contributed by atoms with E-state index in [0.29, 0.717) is 0 Å².